The van der Waals surface area contributed by atoms with Crippen LogP contribution in [0.3, 0.4) is 0 Å². The number of rotatable bonds is 10. The Labute approximate surface area is 223 Å². The molecule has 0 unspecified atom stereocenters. The molecule has 2 aromatic carbocycles. The van der Waals surface area contributed by atoms with E-state index in [2.05, 4.69) is 73.5 Å². The zero-order chi connectivity index (χ0) is 25.5. The molecule has 0 radical (unpaired) electrons. The van der Waals surface area contributed by atoms with Crippen LogP contribution in [0.25, 0.3) is 6.08 Å². The van der Waals surface area contributed by atoms with Crippen molar-refractivity contribution in [2.24, 2.45) is 4.99 Å². The molecule has 188 valence electrons. The van der Waals surface area contributed by atoms with E-state index >= 15 is 0 Å². The highest BCUT2D eigenvalue weighted by Gasteiger charge is 2.31. The predicted molar refractivity (Wildman–Crippen MR) is 151 cm³/mol. The number of aliphatic imine (C=N–C) groups is 1. The number of methoxy groups -OCH3 is 1. The first-order valence-electron chi connectivity index (χ1n) is 12.0. The van der Waals surface area contributed by atoms with Crippen LogP contribution in [-0.4, -0.2) is 42.9 Å². The van der Waals surface area contributed by atoms with Crippen LogP contribution < -0.4 is 4.90 Å². The number of halogens is 1. The second-order valence-electron chi connectivity index (χ2n) is 8.89. The Balaban J connectivity index is 1.49. The smallest absolute Gasteiger partial charge is 0.209 e. The standard InChI is InChI=1S/C29H32ClN3O2S/c1-20(2)33(18-21-8-6-5-7-9-21)26-16-12-23(29(30)32-26)13-17-27-31-25(19-34-3)28(35-27)22-10-14-24(36-4)15-11-22/h5-17,20,25,28H,18-19H2,1-4H3/b17-13+/t25-,28-/m0/s1. The fourth-order valence-corrected chi connectivity index (χ4v) is 4.74. The van der Waals surface area contributed by atoms with Crippen molar-refractivity contribution < 1.29 is 9.47 Å². The summed E-state index contributed by atoms with van der Waals surface area (Å²) in [4.78, 5) is 12.9. The molecule has 2 atom stereocenters. The summed E-state index contributed by atoms with van der Waals surface area (Å²) >= 11 is 8.32. The van der Waals surface area contributed by atoms with Crippen molar-refractivity contribution in [1.29, 1.82) is 0 Å². The zero-order valence-corrected chi connectivity index (χ0v) is 22.7. The SMILES string of the molecule is COC[C@@H]1N=C(/C=C/c2ccc(N(Cc3ccccc3)C(C)C)nc2Cl)O[C@H]1c1ccc(SC)cc1. The van der Waals surface area contributed by atoms with E-state index in [-0.39, 0.29) is 18.2 Å². The monoisotopic (exact) mass is 521 g/mol. The molecule has 0 saturated heterocycles. The highest BCUT2D eigenvalue weighted by Crippen LogP contribution is 2.31. The number of hydrogen-bond donors (Lipinski definition) is 0. The minimum atomic E-state index is -0.186. The summed E-state index contributed by atoms with van der Waals surface area (Å²) in [6, 6.07) is 22.9. The minimum Gasteiger partial charge on any atom is -0.467 e. The van der Waals surface area contributed by atoms with Crippen LogP contribution >= 0.6 is 23.4 Å². The second kappa shape index (κ2) is 12.4. The van der Waals surface area contributed by atoms with Crippen molar-refractivity contribution in [2.75, 3.05) is 24.9 Å². The molecule has 0 N–H and O–H groups in total. The van der Waals surface area contributed by atoms with Gasteiger partial charge in [0.2, 0.25) is 5.90 Å². The quantitative estimate of drug-likeness (QED) is 0.211. The van der Waals surface area contributed by atoms with Crippen molar-refractivity contribution in [3.63, 3.8) is 0 Å². The second-order valence-corrected chi connectivity index (χ2v) is 10.1. The molecule has 2 heterocycles. The molecular formula is C29H32ClN3O2S. The van der Waals surface area contributed by atoms with E-state index in [1.54, 1.807) is 18.9 Å². The fraction of sp³-hybridized carbons (Fsp3) is 0.310. The number of anilines is 1. The lowest BCUT2D eigenvalue weighted by atomic mass is 10.0. The van der Waals surface area contributed by atoms with Crippen LogP contribution in [0.5, 0.6) is 0 Å². The molecule has 4 rings (SSSR count). The molecule has 0 bridgehead atoms. The summed E-state index contributed by atoms with van der Waals surface area (Å²) in [5, 5.41) is 0.443. The summed E-state index contributed by atoms with van der Waals surface area (Å²) in [7, 11) is 1.68. The maximum atomic E-state index is 6.61. The van der Waals surface area contributed by atoms with Gasteiger partial charge in [-0.15, -0.1) is 11.8 Å². The Bertz CT molecular complexity index is 1200. The first kappa shape index (κ1) is 26.3. The lowest BCUT2D eigenvalue weighted by Crippen LogP contribution is -2.30. The third-order valence-electron chi connectivity index (χ3n) is 6.05. The molecular weight excluding hydrogens is 490 g/mol. The lowest BCUT2D eigenvalue weighted by Gasteiger charge is -2.28. The van der Waals surface area contributed by atoms with Gasteiger partial charge in [-0.3, -0.25) is 0 Å². The number of nitrogens with zero attached hydrogens (tertiary/aromatic N) is 3. The molecule has 0 aliphatic carbocycles. The maximum absolute atomic E-state index is 6.61. The zero-order valence-electron chi connectivity index (χ0n) is 21.1. The molecule has 1 aliphatic heterocycles. The predicted octanol–water partition coefficient (Wildman–Crippen LogP) is 7.07. The molecule has 0 amide bonds. The summed E-state index contributed by atoms with van der Waals surface area (Å²) in [5.41, 5.74) is 3.12. The van der Waals surface area contributed by atoms with Crippen molar-refractivity contribution in [3.05, 3.63) is 94.6 Å². The first-order valence-corrected chi connectivity index (χ1v) is 13.6. The minimum absolute atomic E-state index is 0.108. The highest BCUT2D eigenvalue weighted by atomic mass is 35.5. The van der Waals surface area contributed by atoms with Crippen LogP contribution in [-0.2, 0) is 16.0 Å². The summed E-state index contributed by atoms with van der Waals surface area (Å²) < 4.78 is 11.6. The number of hydrogen-bond acceptors (Lipinski definition) is 6. The highest BCUT2D eigenvalue weighted by molar-refractivity contribution is 7.98. The van der Waals surface area contributed by atoms with Crippen LogP contribution in [0.15, 0.2) is 82.7 Å². The van der Waals surface area contributed by atoms with E-state index in [9.17, 15) is 0 Å². The van der Waals surface area contributed by atoms with Gasteiger partial charge in [-0.25, -0.2) is 9.98 Å². The number of pyridine rings is 1. The fourth-order valence-electron chi connectivity index (χ4n) is 4.12. The Morgan fingerprint density at radius 2 is 1.81 bits per heavy atom. The topological polar surface area (TPSA) is 47.0 Å². The van der Waals surface area contributed by atoms with Crippen molar-refractivity contribution >= 4 is 41.2 Å². The Hall–Kier alpha value is -2.80. The third-order valence-corrected chi connectivity index (χ3v) is 7.10. The van der Waals surface area contributed by atoms with Gasteiger partial charge in [-0.1, -0.05) is 54.1 Å². The van der Waals surface area contributed by atoms with E-state index in [0.29, 0.717) is 17.7 Å². The number of ether oxygens (including phenoxy) is 2. The van der Waals surface area contributed by atoms with E-state index < -0.39 is 0 Å². The van der Waals surface area contributed by atoms with Crippen LogP contribution in [0.2, 0.25) is 5.15 Å². The van der Waals surface area contributed by atoms with Crippen LogP contribution in [0.4, 0.5) is 5.82 Å². The van der Waals surface area contributed by atoms with Gasteiger partial charge in [0.1, 0.15) is 17.0 Å². The summed E-state index contributed by atoms with van der Waals surface area (Å²) in [6.45, 7) is 5.56. The van der Waals surface area contributed by atoms with E-state index in [4.69, 9.17) is 31.1 Å². The van der Waals surface area contributed by atoms with Crippen LogP contribution in [0.1, 0.15) is 36.6 Å². The number of benzene rings is 2. The number of aromatic nitrogens is 1. The summed E-state index contributed by atoms with van der Waals surface area (Å²) in [5.74, 6) is 1.41. The average Bonchev–Trinajstić information content (AvgIpc) is 3.30. The van der Waals surface area contributed by atoms with Crippen LogP contribution in [0, 0.1) is 0 Å². The molecule has 0 saturated carbocycles. The molecule has 5 nitrogen and oxygen atoms in total. The van der Waals surface area contributed by atoms with E-state index in [0.717, 1.165) is 23.5 Å². The Kier molecular flexibility index (Phi) is 9.08. The largest absolute Gasteiger partial charge is 0.467 e. The molecule has 3 aromatic rings. The first-order chi connectivity index (χ1) is 17.5. The molecule has 1 aliphatic rings. The molecule has 0 spiro atoms. The average molecular weight is 522 g/mol. The van der Waals surface area contributed by atoms with Gasteiger partial charge in [0, 0.05) is 36.2 Å². The van der Waals surface area contributed by atoms with E-state index in [1.807, 2.05) is 30.4 Å². The Morgan fingerprint density at radius 1 is 1.06 bits per heavy atom. The third kappa shape index (κ3) is 6.49. The maximum Gasteiger partial charge on any atom is 0.209 e. The van der Waals surface area contributed by atoms with Gasteiger partial charge in [0.05, 0.1) is 6.61 Å². The number of thioether (sulfide) groups is 1. The Morgan fingerprint density at radius 3 is 2.44 bits per heavy atom. The summed E-state index contributed by atoms with van der Waals surface area (Å²) in [6.07, 6.45) is 5.63. The van der Waals surface area contributed by atoms with Gasteiger partial charge in [-0.2, -0.15) is 0 Å². The van der Waals surface area contributed by atoms with Crippen molar-refractivity contribution in [2.45, 2.75) is 43.5 Å². The van der Waals surface area contributed by atoms with E-state index in [1.165, 1.54) is 10.5 Å². The van der Waals surface area contributed by atoms with Gasteiger partial charge in [-0.05, 0) is 61.6 Å². The van der Waals surface area contributed by atoms with Crippen molar-refractivity contribution in [1.82, 2.24) is 4.98 Å². The molecule has 0 fully saturated rings. The van der Waals surface area contributed by atoms with Crippen molar-refractivity contribution in [3.8, 4) is 0 Å². The normalized spacial score (nSPS) is 17.4. The van der Waals surface area contributed by atoms with Gasteiger partial charge < -0.3 is 14.4 Å². The van der Waals surface area contributed by atoms with Gasteiger partial charge in [0.25, 0.3) is 0 Å². The molecule has 36 heavy (non-hydrogen) atoms. The lowest BCUT2D eigenvalue weighted by molar-refractivity contribution is 0.120. The molecule has 1 aromatic heterocycles. The molecule has 7 heteroatoms. The van der Waals surface area contributed by atoms with Gasteiger partial charge >= 0.3 is 0 Å². The van der Waals surface area contributed by atoms with Gasteiger partial charge in [0.15, 0.2) is 6.10 Å².